The van der Waals surface area contributed by atoms with Crippen LogP contribution in [0.25, 0.3) is 0 Å². The van der Waals surface area contributed by atoms with Gasteiger partial charge in [-0.15, -0.1) is 0 Å². The first kappa shape index (κ1) is 23.3. The molecular weight excluding hydrogens is 398 g/mol. The monoisotopic (exact) mass is 433 g/mol. The van der Waals surface area contributed by atoms with Crippen LogP contribution in [0.3, 0.4) is 0 Å². The van der Waals surface area contributed by atoms with Gasteiger partial charge in [-0.3, -0.25) is 14.9 Å². The van der Waals surface area contributed by atoms with Gasteiger partial charge in [0, 0.05) is 43.9 Å². The van der Waals surface area contributed by atoms with Gasteiger partial charge in [0.1, 0.15) is 5.60 Å². The first-order chi connectivity index (χ1) is 14.6. The Hall–Kier alpha value is -2.35. The second kappa shape index (κ2) is 9.85. The fourth-order valence-corrected chi connectivity index (χ4v) is 4.59. The Morgan fingerprint density at radius 3 is 2.29 bits per heavy atom. The number of aromatic hydroxyl groups is 1. The van der Waals surface area contributed by atoms with Crippen molar-refractivity contribution in [1.82, 2.24) is 4.90 Å². The Morgan fingerprint density at radius 2 is 1.74 bits per heavy atom. The summed E-state index contributed by atoms with van der Waals surface area (Å²) in [6.45, 7) is 10.6. The Morgan fingerprint density at radius 1 is 1.13 bits per heavy atom. The van der Waals surface area contributed by atoms with E-state index in [9.17, 15) is 20.0 Å². The maximum absolute atomic E-state index is 12.1. The number of benzene rings is 1. The zero-order chi connectivity index (χ0) is 22.6. The number of piperidine rings is 2. The average molecular weight is 434 g/mol. The molecule has 2 saturated heterocycles. The first-order valence-corrected chi connectivity index (χ1v) is 11.3. The third kappa shape index (κ3) is 6.82. The van der Waals surface area contributed by atoms with Gasteiger partial charge in [-0.2, -0.15) is 0 Å². The maximum Gasteiger partial charge on any atom is 0.310 e. The molecule has 0 atom stereocenters. The van der Waals surface area contributed by atoms with Gasteiger partial charge in [0.15, 0.2) is 5.75 Å². The lowest BCUT2D eigenvalue weighted by Crippen LogP contribution is -2.42. The highest BCUT2D eigenvalue weighted by atomic mass is 16.6. The fraction of sp³-hybridized carbons (Fsp3) is 0.696. The van der Waals surface area contributed by atoms with Crippen molar-refractivity contribution in [2.45, 2.75) is 58.5 Å². The number of rotatable bonds is 6. The summed E-state index contributed by atoms with van der Waals surface area (Å²) in [5, 5.41) is 20.8. The number of carbonyl (C=O) groups excluding carboxylic acids is 1. The van der Waals surface area contributed by atoms with Gasteiger partial charge in [-0.05, 0) is 77.4 Å². The number of likely N-dealkylation sites (tertiary alicyclic amines) is 1. The van der Waals surface area contributed by atoms with Crippen molar-refractivity contribution >= 4 is 17.3 Å². The minimum absolute atomic E-state index is 0.0874. The molecule has 0 saturated carbocycles. The number of phenols is 1. The molecule has 8 heteroatoms. The van der Waals surface area contributed by atoms with Gasteiger partial charge in [0.2, 0.25) is 0 Å². The molecule has 2 aliphatic heterocycles. The Balaban J connectivity index is 1.39. The number of hydrogen-bond acceptors (Lipinski definition) is 7. The summed E-state index contributed by atoms with van der Waals surface area (Å²) < 4.78 is 5.45. The molecule has 1 N–H and O–H groups in total. The van der Waals surface area contributed by atoms with Crippen LogP contribution >= 0.6 is 0 Å². The van der Waals surface area contributed by atoms with Crippen molar-refractivity contribution in [3.05, 3.63) is 28.3 Å². The Bertz CT molecular complexity index is 776. The van der Waals surface area contributed by atoms with E-state index in [4.69, 9.17) is 4.74 Å². The van der Waals surface area contributed by atoms with Crippen LogP contribution < -0.4 is 4.90 Å². The van der Waals surface area contributed by atoms with Crippen LogP contribution in [0.15, 0.2) is 18.2 Å². The molecule has 0 amide bonds. The summed E-state index contributed by atoms with van der Waals surface area (Å²) in [4.78, 5) is 27.1. The number of anilines is 1. The topological polar surface area (TPSA) is 96.2 Å². The summed E-state index contributed by atoms with van der Waals surface area (Å²) >= 11 is 0. The molecule has 1 aromatic rings. The van der Waals surface area contributed by atoms with Crippen LogP contribution in [-0.2, 0) is 9.53 Å². The molecule has 8 nitrogen and oxygen atoms in total. The SMILES string of the molecule is CC(C)(C)OC(=O)CC1CCN(CC2CCN(c3ccc([N+](=O)[O-])c(O)c3)CC2)CC1. The van der Waals surface area contributed by atoms with Gasteiger partial charge >= 0.3 is 11.7 Å². The van der Waals surface area contributed by atoms with Crippen molar-refractivity contribution < 1.29 is 19.6 Å². The van der Waals surface area contributed by atoms with Gasteiger partial charge in [-0.1, -0.05) is 0 Å². The Kier molecular flexibility index (Phi) is 7.41. The van der Waals surface area contributed by atoms with Crippen LogP contribution in [0, 0.1) is 22.0 Å². The minimum Gasteiger partial charge on any atom is -0.502 e. The highest BCUT2D eigenvalue weighted by Crippen LogP contribution is 2.32. The molecule has 2 heterocycles. The van der Waals surface area contributed by atoms with Crippen LogP contribution in [0.4, 0.5) is 11.4 Å². The molecule has 0 radical (unpaired) electrons. The van der Waals surface area contributed by atoms with Crippen LogP contribution in [0.2, 0.25) is 0 Å². The van der Waals surface area contributed by atoms with E-state index < -0.39 is 10.5 Å². The summed E-state index contributed by atoms with van der Waals surface area (Å²) in [5.74, 6) is 0.683. The number of ether oxygens (including phenoxy) is 1. The van der Waals surface area contributed by atoms with Crippen LogP contribution in [-0.4, -0.2) is 59.2 Å². The van der Waals surface area contributed by atoms with E-state index in [0.29, 0.717) is 18.3 Å². The van der Waals surface area contributed by atoms with E-state index in [-0.39, 0.29) is 17.4 Å². The minimum atomic E-state index is -0.567. The van der Waals surface area contributed by atoms with Gasteiger partial charge in [0.05, 0.1) is 4.92 Å². The molecule has 0 unspecified atom stereocenters. The number of nitro benzene ring substituents is 1. The molecule has 31 heavy (non-hydrogen) atoms. The molecule has 2 fully saturated rings. The number of hydrogen-bond donors (Lipinski definition) is 1. The largest absolute Gasteiger partial charge is 0.502 e. The normalized spacial score (nSPS) is 19.4. The zero-order valence-electron chi connectivity index (χ0n) is 18.9. The van der Waals surface area contributed by atoms with Crippen molar-refractivity contribution in [2.75, 3.05) is 37.6 Å². The molecule has 2 aliphatic rings. The van der Waals surface area contributed by atoms with E-state index in [1.54, 1.807) is 6.07 Å². The number of nitro groups is 1. The number of esters is 1. The predicted molar refractivity (Wildman–Crippen MR) is 119 cm³/mol. The molecule has 0 aliphatic carbocycles. The zero-order valence-corrected chi connectivity index (χ0v) is 18.9. The quantitative estimate of drug-likeness (QED) is 0.412. The highest BCUT2D eigenvalue weighted by molar-refractivity contribution is 5.70. The number of phenolic OH excluding ortho intramolecular Hbond substituents is 1. The standard InChI is InChI=1S/C23H35N3O5/c1-23(2,3)31-22(28)14-17-6-10-24(11-7-17)16-18-8-12-25(13-9-18)19-4-5-20(26(29)30)21(27)15-19/h4-5,15,17-18,27H,6-14,16H2,1-3H3. The third-order valence-corrected chi connectivity index (χ3v) is 6.23. The van der Waals surface area contributed by atoms with E-state index in [1.165, 1.54) is 12.1 Å². The number of carbonyl (C=O) groups is 1. The van der Waals surface area contributed by atoms with Crippen LogP contribution in [0.1, 0.15) is 52.9 Å². The molecule has 172 valence electrons. The second-order valence-corrected chi connectivity index (χ2v) is 9.90. The summed E-state index contributed by atoms with van der Waals surface area (Å²) in [6.07, 6.45) is 4.73. The van der Waals surface area contributed by atoms with E-state index >= 15 is 0 Å². The Labute approximate surface area is 184 Å². The van der Waals surface area contributed by atoms with Crippen molar-refractivity contribution in [1.29, 1.82) is 0 Å². The van der Waals surface area contributed by atoms with E-state index in [1.807, 2.05) is 20.8 Å². The van der Waals surface area contributed by atoms with E-state index in [2.05, 4.69) is 9.80 Å². The van der Waals surface area contributed by atoms with Crippen molar-refractivity contribution in [3.8, 4) is 5.75 Å². The summed E-state index contributed by atoms with van der Waals surface area (Å²) in [6, 6.07) is 4.58. The lowest BCUT2D eigenvalue weighted by Gasteiger charge is -2.38. The second-order valence-electron chi connectivity index (χ2n) is 9.90. The van der Waals surface area contributed by atoms with Gasteiger partial charge in [-0.25, -0.2) is 0 Å². The molecule has 0 bridgehead atoms. The lowest BCUT2D eigenvalue weighted by molar-refractivity contribution is -0.385. The molecule has 0 spiro atoms. The molecule has 3 rings (SSSR count). The average Bonchev–Trinajstić information content (AvgIpc) is 2.68. The number of nitrogens with zero attached hydrogens (tertiary/aromatic N) is 3. The van der Waals surface area contributed by atoms with Crippen molar-refractivity contribution in [2.24, 2.45) is 11.8 Å². The maximum atomic E-state index is 12.1. The first-order valence-electron chi connectivity index (χ1n) is 11.3. The predicted octanol–water partition coefficient (Wildman–Crippen LogP) is 3.96. The van der Waals surface area contributed by atoms with Crippen molar-refractivity contribution in [3.63, 3.8) is 0 Å². The molecule has 1 aromatic carbocycles. The molecular formula is C23H35N3O5. The van der Waals surface area contributed by atoms with Crippen LogP contribution in [0.5, 0.6) is 5.75 Å². The third-order valence-electron chi connectivity index (χ3n) is 6.23. The lowest BCUT2D eigenvalue weighted by atomic mass is 9.91. The summed E-state index contributed by atoms with van der Waals surface area (Å²) in [7, 11) is 0. The van der Waals surface area contributed by atoms with E-state index in [0.717, 1.165) is 64.1 Å². The summed E-state index contributed by atoms with van der Waals surface area (Å²) in [5.41, 5.74) is 0.165. The smallest absolute Gasteiger partial charge is 0.310 e. The molecule has 0 aromatic heterocycles. The fourth-order valence-electron chi connectivity index (χ4n) is 4.59. The van der Waals surface area contributed by atoms with Gasteiger partial charge in [0.25, 0.3) is 0 Å². The van der Waals surface area contributed by atoms with Gasteiger partial charge < -0.3 is 19.6 Å². The highest BCUT2D eigenvalue weighted by Gasteiger charge is 2.27.